The molecule has 0 aromatic carbocycles. The Morgan fingerprint density at radius 3 is 2.81 bits per heavy atom. The van der Waals surface area contributed by atoms with Gasteiger partial charge in [0.2, 0.25) is 0 Å². The van der Waals surface area contributed by atoms with E-state index in [1.54, 1.807) is 6.20 Å². The highest BCUT2D eigenvalue weighted by molar-refractivity contribution is 9.10. The van der Waals surface area contributed by atoms with Crippen molar-refractivity contribution in [2.45, 2.75) is 66.0 Å². The predicted octanol–water partition coefficient (Wildman–Crippen LogP) is 4.04. The second kappa shape index (κ2) is 6.51. The fourth-order valence-electron chi connectivity index (χ4n) is 2.99. The van der Waals surface area contributed by atoms with Crippen LogP contribution in [0.15, 0.2) is 15.5 Å². The van der Waals surface area contributed by atoms with Crippen molar-refractivity contribution in [1.29, 1.82) is 0 Å². The van der Waals surface area contributed by atoms with E-state index in [1.165, 1.54) is 23.9 Å². The van der Waals surface area contributed by atoms with Crippen LogP contribution >= 0.6 is 15.9 Å². The lowest BCUT2D eigenvalue weighted by Crippen LogP contribution is -2.39. The Labute approximate surface area is 135 Å². The van der Waals surface area contributed by atoms with Gasteiger partial charge in [0.15, 0.2) is 0 Å². The maximum atomic E-state index is 12.3. The average Bonchev–Trinajstić information content (AvgIpc) is 2.40. The molecule has 1 aliphatic rings. The summed E-state index contributed by atoms with van der Waals surface area (Å²) in [5.41, 5.74) is 1.02. The largest absolute Gasteiger partial charge is 0.379 e. The van der Waals surface area contributed by atoms with Crippen LogP contribution < -0.4 is 10.9 Å². The van der Waals surface area contributed by atoms with E-state index in [9.17, 15) is 4.79 Å². The summed E-state index contributed by atoms with van der Waals surface area (Å²) in [7, 11) is 0. The fourth-order valence-corrected chi connectivity index (χ4v) is 3.41. The summed E-state index contributed by atoms with van der Waals surface area (Å²) in [4.78, 5) is 12.3. The first kappa shape index (κ1) is 16.5. The molecule has 1 aliphatic carbocycles. The molecule has 2 rings (SSSR count). The minimum atomic E-state index is -0.0534. The molecule has 0 spiro atoms. The van der Waals surface area contributed by atoms with Gasteiger partial charge in [-0.1, -0.05) is 40.5 Å². The van der Waals surface area contributed by atoms with Crippen molar-refractivity contribution >= 4 is 21.6 Å². The number of hydrogen-bond acceptors (Lipinski definition) is 3. The SMILES string of the molecule is CC(C)Cn1ncc(NC2CCCCC2(C)C)c(Br)c1=O. The molecule has 1 saturated carbocycles. The molecule has 1 fully saturated rings. The van der Waals surface area contributed by atoms with E-state index in [2.05, 4.69) is 54.0 Å². The second-order valence-corrected chi connectivity index (χ2v) is 7.98. The van der Waals surface area contributed by atoms with Crippen LogP contribution in [0.25, 0.3) is 0 Å². The Morgan fingerprint density at radius 2 is 2.19 bits per heavy atom. The zero-order valence-electron chi connectivity index (χ0n) is 13.4. The smallest absolute Gasteiger partial charge is 0.283 e. The Kier molecular flexibility index (Phi) is 5.12. The number of aromatic nitrogens is 2. The van der Waals surface area contributed by atoms with Gasteiger partial charge in [-0.25, -0.2) is 4.68 Å². The maximum Gasteiger partial charge on any atom is 0.283 e. The maximum absolute atomic E-state index is 12.3. The number of nitrogens with one attached hydrogen (secondary N) is 1. The third kappa shape index (κ3) is 3.87. The molecule has 118 valence electrons. The number of rotatable bonds is 4. The van der Waals surface area contributed by atoms with Gasteiger partial charge in [-0.2, -0.15) is 5.10 Å². The molecule has 1 N–H and O–H groups in total. The summed E-state index contributed by atoms with van der Waals surface area (Å²) in [5.74, 6) is 0.401. The zero-order valence-corrected chi connectivity index (χ0v) is 15.0. The van der Waals surface area contributed by atoms with E-state index in [0.29, 0.717) is 23.0 Å². The summed E-state index contributed by atoms with van der Waals surface area (Å²) in [6.45, 7) is 9.40. The number of nitrogens with zero attached hydrogens (tertiary/aromatic N) is 2. The third-order valence-electron chi connectivity index (χ3n) is 4.36. The van der Waals surface area contributed by atoms with Gasteiger partial charge in [-0.05, 0) is 40.1 Å². The molecule has 21 heavy (non-hydrogen) atoms. The molecule has 1 unspecified atom stereocenters. The van der Waals surface area contributed by atoms with Gasteiger partial charge in [-0.3, -0.25) is 4.79 Å². The van der Waals surface area contributed by atoms with Crippen LogP contribution in [0, 0.1) is 11.3 Å². The van der Waals surface area contributed by atoms with Crippen molar-refractivity contribution in [3.05, 3.63) is 21.0 Å². The second-order valence-electron chi connectivity index (χ2n) is 7.18. The molecule has 1 aromatic rings. The number of hydrogen-bond donors (Lipinski definition) is 1. The van der Waals surface area contributed by atoms with Crippen molar-refractivity contribution in [2.24, 2.45) is 11.3 Å². The fraction of sp³-hybridized carbons (Fsp3) is 0.750. The Bertz CT molecular complexity index is 551. The normalized spacial score (nSPS) is 21.5. The van der Waals surface area contributed by atoms with Crippen LogP contribution in [0.1, 0.15) is 53.4 Å². The number of halogens is 1. The highest BCUT2D eigenvalue weighted by Gasteiger charge is 2.32. The van der Waals surface area contributed by atoms with Gasteiger partial charge in [-0.15, -0.1) is 0 Å². The quantitative estimate of drug-likeness (QED) is 0.886. The Balaban J connectivity index is 2.21. The van der Waals surface area contributed by atoms with Crippen LogP contribution in [-0.4, -0.2) is 15.8 Å². The molecule has 0 saturated heterocycles. The van der Waals surface area contributed by atoms with Crippen LogP contribution in [0.4, 0.5) is 5.69 Å². The summed E-state index contributed by atoms with van der Waals surface area (Å²) in [5, 5.41) is 7.84. The number of anilines is 1. The lowest BCUT2D eigenvalue weighted by Gasteiger charge is -2.39. The van der Waals surface area contributed by atoms with E-state index >= 15 is 0 Å². The van der Waals surface area contributed by atoms with Crippen LogP contribution in [0.5, 0.6) is 0 Å². The van der Waals surface area contributed by atoms with E-state index in [0.717, 1.165) is 12.1 Å². The van der Waals surface area contributed by atoms with Gasteiger partial charge in [0.25, 0.3) is 5.56 Å². The van der Waals surface area contributed by atoms with Crippen molar-refractivity contribution in [3.8, 4) is 0 Å². The molecule has 0 amide bonds. The zero-order chi connectivity index (χ0) is 15.6. The van der Waals surface area contributed by atoms with E-state index in [1.807, 2.05) is 0 Å². The average molecular weight is 356 g/mol. The minimum absolute atomic E-state index is 0.0534. The molecule has 1 atom stereocenters. The summed E-state index contributed by atoms with van der Waals surface area (Å²) in [6.07, 6.45) is 6.68. The topological polar surface area (TPSA) is 46.9 Å². The standard InChI is InChI=1S/C16H26BrN3O/c1-11(2)10-20-15(21)14(17)12(9-18-20)19-13-7-5-6-8-16(13,3)4/h9,11,13,19H,5-8,10H2,1-4H3. The first-order chi connectivity index (χ1) is 9.81. The molecule has 4 nitrogen and oxygen atoms in total. The lowest BCUT2D eigenvalue weighted by molar-refractivity contribution is 0.217. The highest BCUT2D eigenvalue weighted by Crippen LogP contribution is 2.37. The molecule has 5 heteroatoms. The van der Waals surface area contributed by atoms with E-state index in [4.69, 9.17) is 0 Å². The monoisotopic (exact) mass is 355 g/mol. The van der Waals surface area contributed by atoms with Gasteiger partial charge in [0.1, 0.15) is 4.47 Å². The molecular formula is C16H26BrN3O. The third-order valence-corrected chi connectivity index (χ3v) is 5.13. The molecule has 0 aliphatic heterocycles. The molecule has 1 heterocycles. The summed E-state index contributed by atoms with van der Waals surface area (Å²) >= 11 is 3.45. The van der Waals surface area contributed by atoms with Crippen LogP contribution in [0.2, 0.25) is 0 Å². The molecular weight excluding hydrogens is 330 g/mol. The van der Waals surface area contributed by atoms with Crippen molar-refractivity contribution in [3.63, 3.8) is 0 Å². The van der Waals surface area contributed by atoms with Gasteiger partial charge < -0.3 is 5.32 Å². The van der Waals surface area contributed by atoms with Crippen LogP contribution in [-0.2, 0) is 6.54 Å². The van der Waals surface area contributed by atoms with Crippen molar-refractivity contribution in [1.82, 2.24) is 9.78 Å². The van der Waals surface area contributed by atoms with Gasteiger partial charge in [0, 0.05) is 12.6 Å². The predicted molar refractivity (Wildman–Crippen MR) is 90.7 cm³/mol. The van der Waals surface area contributed by atoms with Crippen molar-refractivity contribution in [2.75, 3.05) is 5.32 Å². The minimum Gasteiger partial charge on any atom is -0.379 e. The van der Waals surface area contributed by atoms with E-state index < -0.39 is 0 Å². The van der Waals surface area contributed by atoms with Gasteiger partial charge >= 0.3 is 0 Å². The first-order valence-electron chi connectivity index (χ1n) is 7.83. The van der Waals surface area contributed by atoms with Gasteiger partial charge in [0.05, 0.1) is 11.9 Å². The van der Waals surface area contributed by atoms with Crippen LogP contribution in [0.3, 0.4) is 0 Å². The van der Waals surface area contributed by atoms with E-state index in [-0.39, 0.29) is 11.0 Å². The Morgan fingerprint density at radius 1 is 1.48 bits per heavy atom. The molecule has 0 radical (unpaired) electrons. The summed E-state index contributed by atoms with van der Waals surface area (Å²) in [6, 6.07) is 0.393. The highest BCUT2D eigenvalue weighted by atomic mass is 79.9. The molecule has 0 bridgehead atoms. The molecule has 1 aromatic heterocycles. The first-order valence-corrected chi connectivity index (χ1v) is 8.62. The summed E-state index contributed by atoms with van der Waals surface area (Å²) < 4.78 is 2.13. The Hall–Kier alpha value is -0.840. The van der Waals surface area contributed by atoms with Crippen molar-refractivity contribution < 1.29 is 0 Å². The lowest BCUT2D eigenvalue weighted by atomic mass is 9.73.